The molecule has 0 saturated carbocycles. The number of carboxylic acid groups (broad SMARTS) is 1. The number of hydrogen-bond donors (Lipinski definition) is 2. The fourth-order valence-electron chi connectivity index (χ4n) is 1.35. The number of benzene rings is 1. The Hall–Kier alpha value is -1.68. The molecule has 1 aromatic carbocycles. The van der Waals surface area contributed by atoms with Crippen LogP contribution in [0, 0.1) is 0 Å². The summed E-state index contributed by atoms with van der Waals surface area (Å²) in [5.41, 5.74) is 0.593. The molecule has 1 aromatic rings. The lowest BCUT2D eigenvalue weighted by Crippen LogP contribution is -2.39. The third kappa shape index (κ3) is 3.47. The Bertz CT molecular complexity index is 362. The lowest BCUT2D eigenvalue weighted by molar-refractivity contribution is -0.139. The minimum absolute atomic E-state index is 0.0504. The average Bonchev–Trinajstić information content (AvgIpc) is 2.30. The van der Waals surface area contributed by atoms with Crippen LogP contribution in [0.15, 0.2) is 30.3 Å². The molecule has 1 unspecified atom stereocenters. The van der Waals surface area contributed by atoms with E-state index >= 15 is 0 Å². The van der Waals surface area contributed by atoms with Crippen molar-refractivity contribution in [2.45, 2.75) is 19.4 Å². The van der Waals surface area contributed by atoms with Crippen molar-refractivity contribution in [3.05, 3.63) is 35.9 Å². The Morgan fingerprint density at radius 1 is 1.31 bits per heavy atom. The van der Waals surface area contributed by atoms with Gasteiger partial charge in [-0.15, -0.1) is 0 Å². The second kappa shape index (κ2) is 6.02. The Kier molecular flexibility index (Phi) is 4.66. The van der Waals surface area contributed by atoms with Gasteiger partial charge < -0.3 is 5.11 Å². The van der Waals surface area contributed by atoms with Gasteiger partial charge in [0.2, 0.25) is 0 Å². The van der Waals surface area contributed by atoms with E-state index in [4.69, 9.17) is 5.11 Å². The molecule has 0 radical (unpaired) electrons. The van der Waals surface area contributed by atoms with Gasteiger partial charge in [0, 0.05) is 5.56 Å². The molecule has 16 heavy (non-hydrogen) atoms. The maximum Gasteiger partial charge on any atom is 0.320 e. The second-order valence-electron chi connectivity index (χ2n) is 3.47. The molecule has 4 nitrogen and oxygen atoms in total. The molecule has 0 aromatic heterocycles. The van der Waals surface area contributed by atoms with Crippen LogP contribution in [0.5, 0.6) is 0 Å². The summed E-state index contributed by atoms with van der Waals surface area (Å²) in [5.74, 6) is -1.02. The Morgan fingerprint density at radius 2 is 1.94 bits per heavy atom. The minimum atomic E-state index is -0.927. The molecule has 0 amide bonds. The minimum Gasteiger partial charge on any atom is -0.480 e. The SMILES string of the molecule is CCC(NCC(=O)c1ccccc1)C(=O)O. The molecular formula is C12H15NO3. The van der Waals surface area contributed by atoms with E-state index < -0.39 is 12.0 Å². The summed E-state index contributed by atoms with van der Waals surface area (Å²) in [6.07, 6.45) is 0.456. The van der Waals surface area contributed by atoms with Gasteiger partial charge in [0.15, 0.2) is 5.78 Å². The molecule has 0 spiro atoms. The third-order valence-corrected chi connectivity index (χ3v) is 2.31. The van der Waals surface area contributed by atoms with Crippen LogP contribution in [0.2, 0.25) is 0 Å². The van der Waals surface area contributed by atoms with E-state index in [1.54, 1.807) is 31.2 Å². The van der Waals surface area contributed by atoms with Crippen molar-refractivity contribution in [1.82, 2.24) is 5.32 Å². The normalized spacial score (nSPS) is 12.1. The van der Waals surface area contributed by atoms with Crippen LogP contribution in [0.4, 0.5) is 0 Å². The lowest BCUT2D eigenvalue weighted by atomic mass is 10.1. The van der Waals surface area contributed by atoms with Crippen molar-refractivity contribution in [2.75, 3.05) is 6.54 Å². The summed E-state index contributed by atoms with van der Waals surface area (Å²) in [6, 6.07) is 8.16. The summed E-state index contributed by atoms with van der Waals surface area (Å²) in [6.45, 7) is 1.81. The highest BCUT2D eigenvalue weighted by Gasteiger charge is 2.15. The van der Waals surface area contributed by atoms with Crippen LogP contribution in [-0.4, -0.2) is 29.4 Å². The van der Waals surface area contributed by atoms with Gasteiger partial charge in [-0.25, -0.2) is 0 Å². The summed E-state index contributed by atoms with van der Waals surface area (Å²) >= 11 is 0. The summed E-state index contributed by atoms with van der Waals surface area (Å²) < 4.78 is 0. The van der Waals surface area contributed by atoms with Crippen molar-refractivity contribution in [3.63, 3.8) is 0 Å². The van der Waals surface area contributed by atoms with E-state index in [-0.39, 0.29) is 12.3 Å². The molecule has 0 heterocycles. The first-order valence-corrected chi connectivity index (χ1v) is 5.19. The van der Waals surface area contributed by atoms with Crippen LogP contribution >= 0.6 is 0 Å². The van der Waals surface area contributed by atoms with Gasteiger partial charge in [-0.05, 0) is 6.42 Å². The quantitative estimate of drug-likeness (QED) is 0.711. The van der Waals surface area contributed by atoms with E-state index in [1.165, 1.54) is 0 Å². The van der Waals surface area contributed by atoms with Crippen LogP contribution in [0.3, 0.4) is 0 Å². The molecule has 1 atom stereocenters. The van der Waals surface area contributed by atoms with E-state index in [0.717, 1.165) is 0 Å². The molecule has 1 rings (SSSR count). The lowest BCUT2D eigenvalue weighted by Gasteiger charge is -2.11. The standard InChI is InChI=1S/C12H15NO3/c1-2-10(12(15)16)13-8-11(14)9-6-4-3-5-7-9/h3-7,10,13H,2,8H2,1H3,(H,15,16). The topological polar surface area (TPSA) is 66.4 Å². The Balaban J connectivity index is 2.50. The highest BCUT2D eigenvalue weighted by atomic mass is 16.4. The van der Waals surface area contributed by atoms with Crippen molar-refractivity contribution in [3.8, 4) is 0 Å². The monoisotopic (exact) mass is 221 g/mol. The van der Waals surface area contributed by atoms with Crippen LogP contribution in [0.25, 0.3) is 0 Å². The van der Waals surface area contributed by atoms with Gasteiger partial charge in [-0.1, -0.05) is 37.3 Å². The molecule has 0 saturated heterocycles. The maximum atomic E-state index is 11.6. The molecule has 0 aliphatic heterocycles. The number of aliphatic carboxylic acids is 1. The largest absolute Gasteiger partial charge is 0.480 e. The van der Waals surface area contributed by atoms with Crippen LogP contribution in [-0.2, 0) is 4.79 Å². The van der Waals surface area contributed by atoms with Gasteiger partial charge in [-0.2, -0.15) is 0 Å². The van der Waals surface area contributed by atoms with Gasteiger partial charge in [0.25, 0.3) is 0 Å². The number of carbonyl (C=O) groups excluding carboxylic acids is 1. The predicted molar refractivity (Wildman–Crippen MR) is 60.5 cm³/mol. The maximum absolute atomic E-state index is 11.6. The fourth-order valence-corrected chi connectivity index (χ4v) is 1.35. The number of Topliss-reactive ketones (excluding diaryl/α,β-unsaturated/α-hetero) is 1. The first kappa shape index (κ1) is 12.4. The zero-order valence-corrected chi connectivity index (χ0v) is 9.14. The number of nitrogens with one attached hydrogen (secondary N) is 1. The predicted octanol–water partition coefficient (Wildman–Crippen LogP) is 1.32. The molecule has 0 bridgehead atoms. The van der Waals surface area contributed by atoms with Gasteiger partial charge in [-0.3, -0.25) is 14.9 Å². The first-order chi connectivity index (χ1) is 7.65. The number of rotatable bonds is 6. The van der Waals surface area contributed by atoms with Gasteiger partial charge >= 0.3 is 5.97 Å². The molecule has 4 heteroatoms. The summed E-state index contributed by atoms with van der Waals surface area (Å²) in [7, 11) is 0. The van der Waals surface area contributed by atoms with E-state index in [0.29, 0.717) is 12.0 Å². The summed E-state index contributed by atoms with van der Waals surface area (Å²) in [5, 5.41) is 11.5. The molecule has 0 fully saturated rings. The number of ketones is 1. The first-order valence-electron chi connectivity index (χ1n) is 5.19. The molecule has 2 N–H and O–H groups in total. The number of carboxylic acids is 1. The smallest absolute Gasteiger partial charge is 0.320 e. The number of hydrogen-bond acceptors (Lipinski definition) is 3. The van der Waals surface area contributed by atoms with Crippen molar-refractivity contribution >= 4 is 11.8 Å². The van der Waals surface area contributed by atoms with Gasteiger partial charge in [0.05, 0.1) is 6.54 Å². The van der Waals surface area contributed by atoms with Crippen molar-refractivity contribution in [2.24, 2.45) is 0 Å². The van der Waals surface area contributed by atoms with E-state index in [9.17, 15) is 9.59 Å². The van der Waals surface area contributed by atoms with Crippen molar-refractivity contribution < 1.29 is 14.7 Å². The molecule has 0 aliphatic rings. The van der Waals surface area contributed by atoms with E-state index in [1.807, 2.05) is 6.07 Å². The zero-order valence-electron chi connectivity index (χ0n) is 9.14. The highest BCUT2D eigenvalue weighted by molar-refractivity contribution is 5.97. The molecule has 86 valence electrons. The van der Waals surface area contributed by atoms with E-state index in [2.05, 4.69) is 5.32 Å². The van der Waals surface area contributed by atoms with Gasteiger partial charge in [0.1, 0.15) is 6.04 Å². The average molecular weight is 221 g/mol. The Labute approximate surface area is 94.3 Å². The third-order valence-electron chi connectivity index (χ3n) is 2.31. The second-order valence-corrected chi connectivity index (χ2v) is 3.47. The summed E-state index contributed by atoms with van der Waals surface area (Å²) in [4.78, 5) is 22.3. The fraction of sp³-hybridized carbons (Fsp3) is 0.333. The Morgan fingerprint density at radius 3 is 2.44 bits per heavy atom. The van der Waals surface area contributed by atoms with Crippen molar-refractivity contribution in [1.29, 1.82) is 0 Å². The number of carbonyl (C=O) groups is 2. The highest BCUT2D eigenvalue weighted by Crippen LogP contribution is 1.99. The zero-order chi connectivity index (χ0) is 12.0. The molecule has 0 aliphatic carbocycles. The molecular weight excluding hydrogens is 206 g/mol. The van der Waals surface area contributed by atoms with Crippen LogP contribution < -0.4 is 5.32 Å². The van der Waals surface area contributed by atoms with Crippen LogP contribution in [0.1, 0.15) is 23.7 Å².